The van der Waals surface area contributed by atoms with Crippen molar-refractivity contribution in [1.29, 1.82) is 0 Å². The van der Waals surface area contributed by atoms with E-state index in [-0.39, 0.29) is 11.3 Å². The Bertz CT molecular complexity index is 835. The standard InChI is InChI=1S/C30H43FO4/c1-3-5-7-9-11-13-14-22-33-26-17-19-27(20-18-26)35-30(32)25-16-21-29(28(31)24-25)34-23-15-12-10-8-6-4-2/h16-21,24H,3-15,22-23H2,1-2H3. The van der Waals surface area contributed by atoms with Crippen molar-refractivity contribution in [3.63, 3.8) is 0 Å². The summed E-state index contributed by atoms with van der Waals surface area (Å²) in [5.41, 5.74) is 0.147. The van der Waals surface area contributed by atoms with Gasteiger partial charge in [0.2, 0.25) is 0 Å². The summed E-state index contributed by atoms with van der Waals surface area (Å²) in [6.45, 7) is 5.57. The molecular weight excluding hydrogens is 443 g/mol. The highest BCUT2D eigenvalue weighted by Crippen LogP contribution is 2.22. The molecule has 194 valence electrons. The van der Waals surface area contributed by atoms with E-state index in [4.69, 9.17) is 14.2 Å². The quantitative estimate of drug-likeness (QED) is 0.113. The lowest BCUT2D eigenvalue weighted by atomic mass is 10.1. The van der Waals surface area contributed by atoms with Crippen LogP contribution in [0.5, 0.6) is 17.2 Å². The summed E-state index contributed by atoms with van der Waals surface area (Å²) < 4.78 is 31.1. The van der Waals surface area contributed by atoms with Crippen molar-refractivity contribution < 1.29 is 23.4 Å². The molecule has 0 saturated carbocycles. The Kier molecular flexibility index (Phi) is 14.6. The fraction of sp³-hybridized carbons (Fsp3) is 0.567. The number of carbonyl (C=O) groups is 1. The van der Waals surface area contributed by atoms with E-state index in [2.05, 4.69) is 13.8 Å². The molecule has 35 heavy (non-hydrogen) atoms. The van der Waals surface area contributed by atoms with Crippen LogP contribution in [0, 0.1) is 5.82 Å². The minimum absolute atomic E-state index is 0.147. The van der Waals surface area contributed by atoms with E-state index in [0.717, 1.165) is 25.0 Å². The van der Waals surface area contributed by atoms with Crippen LogP contribution in [0.2, 0.25) is 0 Å². The molecule has 0 aromatic heterocycles. The molecule has 0 unspecified atom stereocenters. The normalized spacial score (nSPS) is 10.8. The van der Waals surface area contributed by atoms with Crippen LogP contribution < -0.4 is 14.2 Å². The van der Waals surface area contributed by atoms with Gasteiger partial charge in [-0.1, -0.05) is 84.5 Å². The lowest BCUT2D eigenvalue weighted by Gasteiger charge is -2.10. The van der Waals surface area contributed by atoms with Gasteiger partial charge in [-0.05, 0) is 55.3 Å². The fourth-order valence-corrected chi connectivity index (χ4v) is 3.83. The zero-order valence-electron chi connectivity index (χ0n) is 21.7. The first kappa shape index (κ1) is 28.7. The average molecular weight is 487 g/mol. The second-order valence-corrected chi connectivity index (χ2v) is 9.09. The highest BCUT2D eigenvalue weighted by molar-refractivity contribution is 5.91. The van der Waals surface area contributed by atoms with Gasteiger partial charge in [0.05, 0.1) is 18.8 Å². The van der Waals surface area contributed by atoms with Crippen LogP contribution in [0.1, 0.15) is 108 Å². The van der Waals surface area contributed by atoms with E-state index < -0.39 is 11.8 Å². The summed E-state index contributed by atoms with van der Waals surface area (Å²) in [5, 5.41) is 0. The van der Waals surface area contributed by atoms with E-state index in [9.17, 15) is 9.18 Å². The Morgan fingerprint density at radius 3 is 1.74 bits per heavy atom. The van der Waals surface area contributed by atoms with Gasteiger partial charge in [0.1, 0.15) is 11.5 Å². The van der Waals surface area contributed by atoms with E-state index in [1.807, 2.05) is 0 Å². The third kappa shape index (κ3) is 12.1. The van der Waals surface area contributed by atoms with Crippen molar-refractivity contribution in [1.82, 2.24) is 0 Å². The summed E-state index contributed by atoms with van der Waals surface area (Å²) in [7, 11) is 0. The molecule has 0 aliphatic carbocycles. The van der Waals surface area contributed by atoms with Gasteiger partial charge in [-0.3, -0.25) is 0 Å². The Hall–Kier alpha value is -2.56. The minimum Gasteiger partial charge on any atom is -0.494 e. The molecule has 2 aromatic carbocycles. The number of hydrogen-bond donors (Lipinski definition) is 0. The third-order valence-electron chi connectivity index (χ3n) is 5.97. The molecule has 0 radical (unpaired) electrons. The fourth-order valence-electron chi connectivity index (χ4n) is 3.83. The summed E-state index contributed by atoms with van der Waals surface area (Å²) >= 11 is 0. The molecule has 0 heterocycles. The van der Waals surface area contributed by atoms with Gasteiger partial charge < -0.3 is 14.2 Å². The Morgan fingerprint density at radius 2 is 1.17 bits per heavy atom. The monoisotopic (exact) mass is 486 g/mol. The predicted octanol–water partition coefficient (Wildman–Crippen LogP) is 8.91. The molecule has 0 saturated heterocycles. The van der Waals surface area contributed by atoms with Crippen LogP contribution in [-0.2, 0) is 0 Å². The minimum atomic E-state index is -0.608. The zero-order chi connectivity index (χ0) is 25.1. The summed E-state index contributed by atoms with van der Waals surface area (Å²) in [6.07, 6.45) is 15.5. The van der Waals surface area contributed by atoms with E-state index >= 15 is 0 Å². The lowest BCUT2D eigenvalue weighted by molar-refractivity contribution is 0.0734. The van der Waals surface area contributed by atoms with Crippen molar-refractivity contribution >= 4 is 5.97 Å². The molecule has 0 N–H and O–H groups in total. The first-order valence-corrected chi connectivity index (χ1v) is 13.5. The number of carbonyl (C=O) groups excluding carboxylic acids is 1. The van der Waals surface area contributed by atoms with Crippen LogP contribution in [0.15, 0.2) is 42.5 Å². The van der Waals surface area contributed by atoms with Crippen LogP contribution >= 0.6 is 0 Å². The average Bonchev–Trinajstić information content (AvgIpc) is 2.87. The first-order valence-electron chi connectivity index (χ1n) is 13.5. The molecule has 2 aromatic rings. The van der Waals surface area contributed by atoms with Gasteiger partial charge in [0.15, 0.2) is 11.6 Å². The molecule has 0 fully saturated rings. The molecule has 0 amide bonds. The largest absolute Gasteiger partial charge is 0.494 e. The SMILES string of the molecule is CCCCCCCCCOc1ccc(OC(=O)c2ccc(OCCCCCCCC)c(F)c2)cc1. The maximum absolute atomic E-state index is 14.4. The van der Waals surface area contributed by atoms with Crippen molar-refractivity contribution in [2.75, 3.05) is 13.2 Å². The summed E-state index contributed by atoms with van der Waals surface area (Å²) in [4.78, 5) is 12.4. The summed E-state index contributed by atoms with van der Waals surface area (Å²) in [5.74, 6) is 0.135. The molecule has 4 nitrogen and oxygen atoms in total. The van der Waals surface area contributed by atoms with E-state index in [1.54, 1.807) is 24.3 Å². The van der Waals surface area contributed by atoms with Crippen molar-refractivity contribution in [3.8, 4) is 17.2 Å². The molecule has 0 aliphatic rings. The second-order valence-electron chi connectivity index (χ2n) is 9.09. The zero-order valence-corrected chi connectivity index (χ0v) is 21.7. The Balaban J connectivity index is 1.69. The van der Waals surface area contributed by atoms with E-state index in [1.165, 1.54) is 82.4 Å². The highest BCUT2D eigenvalue weighted by Gasteiger charge is 2.13. The molecule has 5 heteroatoms. The highest BCUT2D eigenvalue weighted by atomic mass is 19.1. The predicted molar refractivity (Wildman–Crippen MR) is 140 cm³/mol. The number of unbranched alkanes of at least 4 members (excludes halogenated alkanes) is 11. The lowest BCUT2D eigenvalue weighted by Crippen LogP contribution is -2.09. The molecule has 2 rings (SSSR count). The van der Waals surface area contributed by atoms with Crippen LogP contribution in [0.25, 0.3) is 0 Å². The molecule has 0 spiro atoms. The summed E-state index contributed by atoms with van der Waals surface area (Å²) in [6, 6.07) is 11.1. The molecular formula is C30H43FO4. The van der Waals surface area contributed by atoms with Crippen LogP contribution in [0.4, 0.5) is 4.39 Å². The van der Waals surface area contributed by atoms with Crippen LogP contribution in [0.3, 0.4) is 0 Å². The maximum Gasteiger partial charge on any atom is 0.343 e. The van der Waals surface area contributed by atoms with Gasteiger partial charge in [0, 0.05) is 0 Å². The Labute approximate surface area is 211 Å². The topological polar surface area (TPSA) is 44.8 Å². The van der Waals surface area contributed by atoms with E-state index in [0.29, 0.717) is 19.0 Å². The van der Waals surface area contributed by atoms with Crippen molar-refractivity contribution in [2.45, 2.75) is 97.3 Å². The number of ether oxygens (including phenoxy) is 3. The molecule has 0 atom stereocenters. The van der Waals surface area contributed by atoms with Gasteiger partial charge in [0.25, 0.3) is 0 Å². The van der Waals surface area contributed by atoms with Crippen molar-refractivity contribution in [3.05, 3.63) is 53.8 Å². The molecule has 0 aliphatic heterocycles. The first-order chi connectivity index (χ1) is 17.1. The number of halogens is 1. The second kappa shape index (κ2) is 17.8. The van der Waals surface area contributed by atoms with Gasteiger partial charge >= 0.3 is 5.97 Å². The maximum atomic E-state index is 14.4. The smallest absolute Gasteiger partial charge is 0.343 e. The molecule has 0 bridgehead atoms. The number of benzene rings is 2. The Morgan fingerprint density at radius 1 is 0.657 bits per heavy atom. The number of hydrogen-bond acceptors (Lipinski definition) is 4. The number of rotatable bonds is 19. The third-order valence-corrected chi connectivity index (χ3v) is 5.97. The van der Waals surface area contributed by atoms with Crippen molar-refractivity contribution in [2.24, 2.45) is 0 Å². The van der Waals surface area contributed by atoms with Gasteiger partial charge in [-0.2, -0.15) is 0 Å². The number of esters is 1. The van der Waals surface area contributed by atoms with Crippen LogP contribution in [-0.4, -0.2) is 19.2 Å². The van der Waals surface area contributed by atoms with Gasteiger partial charge in [-0.25, -0.2) is 9.18 Å². The van der Waals surface area contributed by atoms with Gasteiger partial charge in [-0.15, -0.1) is 0 Å².